The van der Waals surface area contributed by atoms with Gasteiger partial charge in [0.15, 0.2) is 6.04 Å². The number of ether oxygens (including phenoxy) is 1. The predicted octanol–water partition coefficient (Wildman–Crippen LogP) is 4.94. The number of hydrogen-bond acceptors (Lipinski definition) is 3. The zero-order chi connectivity index (χ0) is 16.2. The summed E-state index contributed by atoms with van der Waals surface area (Å²) in [4.78, 5) is 12.6. The van der Waals surface area contributed by atoms with Crippen molar-refractivity contribution >= 4 is 27.6 Å². The van der Waals surface area contributed by atoms with Crippen LogP contribution in [0.4, 0.5) is 5.69 Å². The zero-order valence-corrected chi connectivity index (χ0v) is 14.6. The van der Waals surface area contributed by atoms with Gasteiger partial charge in [-0.05, 0) is 50.6 Å². The Morgan fingerprint density at radius 2 is 1.77 bits per heavy atom. The van der Waals surface area contributed by atoms with Gasteiger partial charge in [0.05, 0.1) is 0 Å². The van der Waals surface area contributed by atoms with Gasteiger partial charge in [-0.25, -0.2) is 4.79 Å². The van der Waals surface area contributed by atoms with Gasteiger partial charge in [0, 0.05) is 10.2 Å². The second-order valence-electron chi connectivity index (χ2n) is 6.03. The summed E-state index contributed by atoms with van der Waals surface area (Å²) in [6, 6.07) is 16.8. The zero-order valence-electron chi connectivity index (χ0n) is 13.0. The van der Waals surface area contributed by atoms with Gasteiger partial charge >= 0.3 is 5.97 Å². The lowest BCUT2D eigenvalue weighted by Crippen LogP contribution is -2.31. The summed E-state index contributed by atoms with van der Waals surface area (Å²) < 4.78 is 6.47. The number of hydrogen-bond donors (Lipinski definition) is 1. The number of nitrogens with one attached hydrogen (secondary N) is 1. The van der Waals surface area contributed by atoms with Crippen LogP contribution < -0.4 is 5.32 Å². The van der Waals surface area contributed by atoms with E-state index in [0.29, 0.717) is 0 Å². The fraction of sp³-hybridized carbons (Fsp3) is 0.278. The molecule has 0 radical (unpaired) electrons. The molecule has 116 valence electrons. The van der Waals surface area contributed by atoms with Gasteiger partial charge in [-0.15, -0.1) is 0 Å². The summed E-state index contributed by atoms with van der Waals surface area (Å²) in [6.45, 7) is 5.60. The summed E-state index contributed by atoms with van der Waals surface area (Å²) in [5, 5.41) is 3.25. The first-order valence-corrected chi connectivity index (χ1v) is 7.94. The van der Waals surface area contributed by atoms with Crippen LogP contribution in [0.25, 0.3) is 0 Å². The van der Waals surface area contributed by atoms with E-state index in [1.807, 2.05) is 75.4 Å². The van der Waals surface area contributed by atoms with Gasteiger partial charge in [0.25, 0.3) is 0 Å². The summed E-state index contributed by atoms with van der Waals surface area (Å²) in [5.74, 6) is -0.297. The third-order valence-corrected chi connectivity index (χ3v) is 3.40. The van der Waals surface area contributed by atoms with Crippen molar-refractivity contribution in [2.24, 2.45) is 0 Å². The van der Waals surface area contributed by atoms with E-state index in [-0.39, 0.29) is 5.97 Å². The summed E-state index contributed by atoms with van der Waals surface area (Å²) in [6.07, 6.45) is 0. The molecule has 0 spiro atoms. The minimum absolute atomic E-state index is 0.297. The van der Waals surface area contributed by atoms with E-state index in [1.54, 1.807) is 0 Å². The number of rotatable bonds is 4. The van der Waals surface area contributed by atoms with Crippen molar-refractivity contribution in [1.29, 1.82) is 0 Å². The van der Waals surface area contributed by atoms with Gasteiger partial charge in [0.2, 0.25) is 0 Å². The second kappa shape index (κ2) is 6.97. The maximum Gasteiger partial charge on any atom is 0.333 e. The van der Waals surface area contributed by atoms with Crippen LogP contribution >= 0.6 is 15.9 Å². The molecule has 0 fully saturated rings. The monoisotopic (exact) mass is 361 g/mol. The second-order valence-corrected chi connectivity index (χ2v) is 6.95. The first-order valence-electron chi connectivity index (χ1n) is 7.15. The van der Waals surface area contributed by atoms with Crippen LogP contribution in [0, 0.1) is 0 Å². The molecule has 0 aliphatic rings. The van der Waals surface area contributed by atoms with Crippen molar-refractivity contribution in [2.75, 3.05) is 5.32 Å². The molecule has 0 heterocycles. The average molecular weight is 362 g/mol. The van der Waals surface area contributed by atoms with E-state index in [4.69, 9.17) is 4.74 Å². The molecule has 0 saturated heterocycles. The van der Waals surface area contributed by atoms with Gasteiger partial charge in [-0.3, -0.25) is 0 Å². The fourth-order valence-corrected chi connectivity index (χ4v) is 2.44. The molecular formula is C18H20BrNO2. The summed E-state index contributed by atoms with van der Waals surface area (Å²) >= 11 is 3.45. The van der Waals surface area contributed by atoms with Gasteiger partial charge in [0.1, 0.15) is 5.60 Å². The Balaban J connectivity index is 2.30. The summed E-state index contributed by atoms with van der Waals surface area (Å²) in [7, 11) is 0. The lowest BCUT2D eigenvalue weighted by Gasteiger charge is -2.25. The Morgan fingerprint density at radius 3 is 2.36 bits per heavy atom. The van der Waals surface area contributed by atoms with Crippen molar-refractivity contribution < 1.29 is 9.53 Å². The van der Waals surface area contributed by atoms with Crippen LogP contribution in [0.2, 0.25) is 0 Å². The van der Waals surface area contributed by atoms with Crippen LogP contribution in [0.5, 0.6) is 0 Å². The maximum absolute atomic E-state index is 12.6. The Morgan fingerprint density at radius 1 is 1.09 bits per heavy atom. The molecule has 0 saturated carbocycles. The number of halogens is 1. The minimum Gasteiger partial charge on any atom is -0.458 e. The normalized spacial score (nSPS) is 12.5. The molecule has 0 aromatic heterocycles. The van der Waals surface area contributed by atoms with E-state index < -0.39 is 11.6 Å². The molecule has 1 atom stereocenters. The average Bonchev–Trinajstić information content (AvgIpc) is 2.44. The molecule has 0 aliphatic heterocycles. The Kier molecular flexibility index (Phi) is 5.24. The maximum atomic E-state index is 12.6. The third kappa shape index (κ3) is 4.88. The largest absolute Gasteiger partial charge is 0.458 e. The molecule has 4 heteroatoms. The molecule has 1 N–H and O–H groups in total. The van der Waals surface area contributed by atoms with Crippen molar-refractivity contribution in [3.8, 4) is 0 Å². The molecular weight excluding hydrogens is 342 g/mol. The van der Waals surface area contributed by atoms with E-state index in [9.17, 15) is 4.79 Å². The number of carbonyl (C=O) groups is 1. The van der Waals surface area contributed by atoms with Crippen LogP contribution in [0.3, 0.4) is 0 Å². The molecule has 0 bridgehead atoms. The van der Waals surface area contributed by atoms with Gasteiger partial charge in [-0.1, -0.05) is 46.3 Å². The van der Waals surface area contributed by atoms with Gasteiger partial charge < -0.3 is 10.1 Å². The SMILES string of the molecule is CC(C)(C)OC(=O)C(Nc1ccccc1)c1cccc(Br)c1. The quantitative estimate of drug-likeness (QED) is 0.783. The minimum atomic E-state index is -0.556. The highest BCUT2D eigenvalue weighted by atomic mass is 79.9. The number of benzene rings is 2. The van der Waals surface area contributed by atoms with Crippen molar-refractivity contribution in [1.82, 2.24) is 0 Å². The number of carbonyl (C=O) groups excluding carboxylic acids is 1. The van der Waals surface area contributed by atoms with Crippen molar-refractivity contribution in [2.45, 2.75) is 32.4 Å². The lowest BCUT2D eigenvalue weighted by molar-refractivity contribution is -0.156. The molecule has 3 nitrogen and oxygen atoms in total. The first kappa shape index (κ1) is 16.6. The molecule has 0 amide bonds. The molecule has 2 aromatic carbocycles. The van der Waals surface area contributed by atoms with E-state index in [2.05, 4.69) is 21.2 Å². The Labute approximate surface area is 139 Å². The molecule has 2 aromatic rings. The standard InChI is InChI=1S/C18H20BrNO2/c1-18(2,3)22-17(21)16(13-8-7-9-14(19)12-13)20-15-10-5-4-6-11-15/h4-12,16,20H,1-3H3. The Bertz CT molecular complexity index is 635. The van der Waals surface area contributed by atoms with E-state index >= 15 is 0 Å². The molecule has 0 aliphatic carbocycles. The van der Waals surface area contributed by atoms with Crippen LogP contribution in [0.1, 0.15) is 32.4 Å². The predicted molar refractivity (Wildman–Crippen MR) is 92.8 cm³/mol. The molecule has 22 heavy (non-hydrogen) atoms. The van der Waals surface area contributed by atoms with E-state index in [0.717, 1.165) is 15.7 Å². The topological polar surface area (TPSA) is 38.3 Å². The van der Waals surface area contributed by atoms with Crippen LogP contribution in [-0.4, -0.2) is 11.6 Å². The number of anilines is 1. The van der Waals surface area contributed by atoms with E-state index in [1.165, 1.54) is 0 Å². The van der Waals surface area contributed by atoms with Gasteiger partial charge in [-0.2, -0.15) is 0 Å². The van der Waals surface area contributed by atoms with Crippen LogP contribution in [0.15, 0.2) is 59.1 Å². The van der Waals surface area contributed by atoms with Crippen LogP contribution in [-0.2, 0) is 9.53 Å². The number of para-hydroxylation sites is 1. The third-order valence-electron chi connectivity index (χ3n) is 2.91. The molecule has 1 unspecified atom stereocenters. The number of esters is 1. The Hall–Kier alpha value is -1.81. The first-order chi connectivity index (χ1) is 10.3. The smallest absolute Gasteiger partial charge is 0.333 e. The fourth-order valence-electron chi connectivity index (χ4n) is 2.03. The summed E-state index contributed by atoms with van der Waals surface area (Å²) in [5.41, 5.74) is 1.20. The highest BCUT2D eigenvalue weighted by molar-refractivity contribution is 9.10. The lowest BCUT2D eigenvalue weighted by atomic mass is 10.1. The molecule has 2 rings (SSSR count). The highest BCUT2D eigenvalue weighted by Gasteiger charge is 2.26. The highest BCUT2D eigenvalue weighted by Crippen LogP contribution is 2.25. The van der Waals surface area contributed by atoms with Crippen molar-refractivity contribution in [3.05, 3.63) is 64.6 Å². The van der Waals surface area contributed by atoms with Crippen molar-refractivity contribution in [3.63, 3.8) is 0 Å².